The lowest BCUT2D eigenvalue weighted by Crippen LogP contribution is -2.28. The molecule has 0 aromatic heterocycles. The predicted molar refractivity (Wildman–Crippen MR) is 95.2 cm³/mol. The van der Waals surface area contributed by atoms with Crippen molar-refractivity contribution in [2.45, 2.75) is 6.42 Å². The fourth-order valence-electron chi connectivity index (χ4n) is 2.83. The number of nitrogens with zero attached hydrogens (tertiary/aromatic N) is 2. The Bertz CT molecular complexity index is 850. The van der Waals surface area contributed by atoms with Crippen molar-refractivity contribution in [1.29, 1.82) is 0 Å². The van der Waals surface area contributed by atoms with E-state index in [9.17, 15) is 19.7 Å². The molecule has 1 heterocycles. The van der Waals surface area contributed by atoms with Crippen molar-refractivity contribution in [3.8, 4) is 5.75 Å². The van der Waals surface area contributed by atoms with Crippen LogP contribution in [0.5, 0.6) is 5.75 Å². The third-order valence-electron chi connectivity index (χ3n) is 4.21. The SMILES string of the molecule is COc1ccc(NC(=O)[C@@H]2CC(=O)N(c3cccc([N+](=O)[O-])c3)C2)cc1. The minimum atomic E-state index is -0.524. The summed E-state index contributed by atoms with van der Waals surface area (Å²) in [5.41, 5.74) is 0.933. The van der Waals surface area contributed by atoms with Gasteiger partial charge in [0.2, 0.25) is 11.8 Å². The summed E-state index contributed by atoms with van der Waals surface area (Å²) in [7, 11) is 1.56. The number of nitro benzene ring substituents is 1. The molecular formula is C18H17N3O5. The molecular weight excluding hydrogens is 338 g/mol. The molecule has 2 amide bonds. The first kappa shape index (κ1) is 17.4. The summed E-state index contributed by atoms with van der Waals surface area (Å²) in [6.07, 6.45) is 0.0602. The second-order valence-corrected chi connectivity index (χ2v) is 5.90. The summed E-state index contributed by atoms with van der Waals surface area (Å²) in [5, 5.41) is 13.7. The number of methoxy groups -OCH3 is 1. The fraction of sp³-hybridized carbons (Fsp3) is 0.222. The number of hydrogen-bond acceptors (Lipinski definition) is 5. The third-order valence-corrected chi connectivity index (χ3v) is 4.21. The van der Waals surface area contributed by atoms with Gasteiger partial charge in [-0.2, -0.15) is 0 Å². The van der Waals surface area contributed by atoms with Crippen molar-refractivity contribution < 1.29 is 19.2 Å². The van der Waals surface area contributed by atoms with Gasteiger partial charge in [0.15, 0.2) is 0 Å². The van der Waals surface area contributed by atoms with Crippen LogP contribution >= 0.6 is 0 Å². The number of hydrogen-bond donors (Lipinski definition) is 1. The Morgan fingerprint density at radius 1 is 1.27 bits per heavy atom. The number of carbonyl (C=O) groups excluding carboxylic acids is 2. The molecule has 1 saturated heterocycles. The first-order valence-corrected chi connectivity index (χ1v) is 7.97. The van der Waals surface area contributed by atoms with E-state index in [1.54, 1.807) is 37.4 Å². The molecule has 0 unspecified atom stereocenters. The fourth-order valence-corrected chi connectivity index (χ4v) is 2.83. The highest BCUT2D eigenvalue weighted by atomic mass is 16.6. The minimum Gasteiger partial charge on any atom is -0.497 e. The first-order valence-electron chi connectivity index (χ1n) is 7.97. The Morgan fingerprint density at radius 3 is 2.65 bits per heavy atom. The van der Waals surface area contributed by atoms with E-state index >= 15 is 0 Å². The van der Waals surface area contributed by atoms with Gasteiger partial charge in [0.25, 0.3) is 5.69 Å². The summed E-state index contributed by atoms with van der Waals surface area (Å²) in [6.45, 7) is 0.183. The van der Waals surface area contributed by atoms with Gasteiger partial charge in [-0.3, -0.25) is 19.7 Å². The maximum Gasteiger partial charge on any atom is 0.271 e. The molecule has 8 heteroatoms. The number of benzene rings is 2. The maximum atomic E-state index is 12.4. The topological polar surface area (TPSA) is 102 Å². The first-order chi connectivity index (χ1) is 12.5. The zero-order valence-corrected chi connectivity index (χ0v) is 14.0. The van der Waals surface area contributed by atoms with E-state index in [4.69, 9.17) is 4.74 Å². The number of nitro groups is 1. The van der Waals surface area contributed by atoms with Crippen LogP contribution in [0.4, 0.5) is 17.1 Å². The van der Waals surface area contributed by atoms with Gasteiger partial charge in [-0.15, -0.1) is 0 Å². The van der Waals surface area contributed by atoms with Crippen LogP contribution in [0.1, 0.15) is 6.42 Å². The highest BCUT2D eigenvalue weighted by molar-refractivity contribution is 6.03. The smallest absolute Gasteiger partial charge is 0.271 e. The quantitative estimate of drug-likeness (QED) is 0.656. The van der Waals surface area contributed by atoms with Crippen LogP contribution in [-0.2, 0) is 9.59 Å². The summed E-state index contributed by atoms with van der Waals surface area (Å²) >= 11 is 0. The third kappa shape index (κ3) is 3.64. The van der Waals surface area contributed by atoms with E-state index in [0.29, 0.717) is 17.1 Å². The summed E-state index contributed by atoms with van der Waals surface area (Å²) < 4.78 is 5.07. The van der Waals surface area contributed by atoms with E-state index in [0.717, 1.165) is 0 Å². The highest BCUT2D eigenvalue weighted by Crippen LogP contribution is 2.28. The number of anilines is 2. The van der Waals surface area contributed by atoms with Gasteiger partial charge in [0.1, 0.15) is 5.75 Å². The number of carbonyl (C=O) groups is 2. The Morgan fingerprint density at radius 2 is 2.00 bits per heavy atom. The van der Waals surface area contributed by atoms with Crippen molar-refractivity contribution in [2.75, 3.05) is 23.9 Å². The Kier molecular flexibility index (Phi) is 4.83. The average Bonchev–Trinajstić information content (AvgIpc) is 3.04. The lowest BCUT2D eigenvalue weighted by atomic mass is 10.1. The summed E-state index contributed by atoms with van der Waals surface area (Å²) in [5.74, 6) is -0.350. The maximum absolute atomic E-state index is 12.4. The molecule has 0 saturated carbocycles. The van der Waals surface area contributed by atoms with E-state index in [1.807, 2.05) is 0 Å². The van der Waals surface area contributed by atoms with E-state index in [1.165, 1.54) is 23.1 Å². The van der Waals surface area contributed by atoms with E-state index < -0.39 is 10.8 Å². The van der Waals surface area contributed by atoms with Crippen molar-refractivity contribution in [1.82, 2.24) is 0 Å². The van der Waals surface area contributed by atoms with E-state index in [-0.39, 0.29) is 30.5 Å². The molecule has 0 bridgehead atoms. The Labute approximate surface area is 149 Å². The molecule has 0 spiro atoms. The van der Waals surface area contributed by atoms with Crippen molar-refractivity contribution in [2.24, 2.45) is 5.92 Å². The van der Waals surface area contributed by atoms with Gasteiger partial charge >= 0.3 is 0 Å². The molecule has 0 radical (unpaired) electrons. The number of nitrogens with one attached hydrogen (secondary N) is 1. The van der Waals surface area contributed by atoms with Crippen molar-refractivity contribution >= 4 is 28.9 Å². The highest BCUT2D eigenvalue weighted by Gasteiger charge is 2.35. The number of rotatable bonds is 5. The molecule has 1 aliphatic rings. The molecule has 8 nitrogen and oxygen atoms in total. The zero-order valence-electron chi connectivity index (χ0n) is 14.0. The molecule has 2 aromatic rings. The van der Waals surface area contributed by atoms with Crippen LogP contribution in [0.3, 0.4) is 0 Å². The predicted octanol–water partition coefficient (Wildman–Crippen LogP) is 2.60. The molecule has 3 rings (SSSR count). The molecule has 26 heavy (non-hydrogen) atoms. The Balaban J connectivity index is 1.69. The standard InChI is InChI=1S/C18H17N3O5/c1-26-16-7-5-13(6-8-16)19-18(23)12-9-17(22)20(11-12)14-3-2-4-15(10-14)21(24)25/h2-8,10,12H,9,11H2,1H3,(H,19,23)/t12-/m1/s1. The lowest BCUT2D eigenvalue weighted by molar-refractivity contribution is -0.384. The van der Waals surface area contributed by atoms with E-state index in [2.05, 4.69) is 5.32 Å². The van der Waals surface area contributed by atoms with Gasteiger partial charge in [-0.25, -0.2) is 0 Å². The van der Waals surface area contributed by atoms with Gasteiger partial charge in [-0.05, 0) is 30.3 Å². The van der Waals surface area contributed by atoms with Gasteiger partial charge in [0.05, 0.1) is 23.6 Å². The normalized spacial score (nSPS) is 16.4. The molecule has 1 aliphatic heterocycles. The van der Waals surface area contributed by atoms with Crippen LogP contribution in [0.15, 0.2) is 48.5 Å². The minimum absolute atomic E-state index is 0.0602. The molecule has 1 fully saturated rings. The Hall–Kier alpha value is -3.42. The molecule has 1 atom stereocenters. The zero-order chi connectivity index (χ0) is 18.7. The second-order valence-electron chi connectivity index (χ2n) is 5.90. The van der Waals surface area contributed by atoms with Gasteiger partial charge in [0, 0.05) is 30.8 Å². The van der Waals surface area contributed by atoms with Crippen LogP contribution in [-0.4, -0.2) is 30.4 Å². The summed E-state index contributed by atoms with van der Waals surface area (Å²) in [6, 6.07) is 12.7. The number of ether oxygens (including phenoxy) is 1. The van der Waals surface area contributed by atoms with Gasteiger partial charge < -0.3 is 15.0 Å². The van der Waals surface area contributed by atoms with Gasteiger partial charge in [-0.1, -0.05) is 6.07 Å². The number of non-ortho nitro benzene ring substituents is 1. The lowest BCUT2D eigenvalue weighted by Gasteiger charge is -2.16. The monoisotopic (exact) mass is 355 g/mol. The molecule has 1 N–H and O–H groups in total. The second kappa shape index (κ2) is 7.22. The van der Waals surface area contributed by atoms with Crippen LogP contribution < -0.4 is 15.0 Å². The average molecular weight is 355 g/mol. The van der Waals surface area contributed by atoms with Crippen LogP contribution in [0.2, 0.25) is 0 Å². The molecule has 0 aliphatic carbocycles. The van der Waals surface area contributed by atoms with Crippen LogP contribution in [0, 0.1) is 16.0 Å². The molecule has 134 valence electrons. The van der Waals surface area contributed by atoms with Crippen molar-refractivity contribution in [3.63, 3.8) is 0 Å². The largest absolute Gasteiger partial charge is 0.497 e. The number of amides is 2. The van der Waals surface area contributed by atoms with Crippen LogP contribution in [0.25, 0.3) is 0 Å². The van der Waals surface area contributed by atoms with Crippen molar-refractivity contribution in [3.05, 3.63) is 58.6 Å². The summed E-state index contributed by atoms with van der Waals surface area (Å²) in [4.78, 5) is 36.5. The molecule has 2 aromatic carbocycles.